The van der Waals surface area contributed by atoms with Crippen molar-refractivity contribution in [3.05, 3.63) is 64.7 Å². The van der Waals surface area contributed by atoms with Crippen LogP contribution in [-0.2, 0) is 17.9 Å². The molecule has 5 nitrogen and oxygen atoms in total. The molecule has 1 N–H and O–H groups in total. The summed E-state index contributed by atoms with van der Waals surface area (Å²) < 4.78 is 10.9. The Morgan fingerprint density at radius 2 is 1.71 bits per heavy atom. The van der Waals surface area contributed by atoms with Gasteiger partial charge in [-0.1, -0.05) is 35.9 Å². The number of benzene rings is 2. The van der Waals surface area contributed by atoms with Gasteiger partial charge in [0.15, 0.2) is 0 Å². The summed E-state index contributed by atoms with van der Waals surface area (Å²) in [7, 11) is 1.65. The zero-order valence-electron chi connectivity index (χ0n) is 16.4. The molecule has 0 amide bonds. The molecule has 1 unspecified atom stereocenters. The number of hydrogen-bond donors (Lipinski definition) is 1. The number of hydrogen-bond acceptors (Lipinski definition) is 5. The Morgan fingerprint density at radius 3 is 2.43 bits per heavy atom. The number of halogens is 1. The van der Waals surface area contributed by atoms with Crippen LogP contribution >= 0.6 is 11.6 Å². The van der Waals surface area contributed by atoms with Gasteiger partial charge in [0.05, 0.1) is 26.4 Å². The first-order valence-corrected chi connectivity index (χ1v) is 10.1. The largest absolute Gasteiger partial charge is 0.497 e. The van der Waals surface area contributed by atoms with Crippen molar-refractivity contribution in [3.63, 3.8) is 0 Å². The molecule has 1 atom stereocenters. The Labute approximate surface area is 172 Å². The minimum absolute atomic E-state index is 0.336. The second kappa shape index (κ2) is 10.8. The molecule has 2 aromatic carbocycles. The predicted molar refractivity (Wildman–Crippen MR) is 112 cm³/mol. The smallest absolute Gasteiger partial charge is 0.119 e. The number of nitrogens with zero attached hydrogens (tertiary/aromatic N) is 2. The molecular weight excluding hydrogens is 376 g/mol. The fourth-order valence-electron chi connectivity index (χ4n) is 3.40. The highest BCUT2D eigenvalue weighted by Crippen LogP contribution is 2.14. The summed E-state index contributed by atoms with van der Waals surface area (Å²) in [6.45, 7) is 6.32. The standard InChI is InChI=1S/C22H29ClN2O3/c1-27-22-4-2-3-19(13-22)16-28-17-21(26)15-25-11-9-24(10-12-25)14-18-5-7-20(23)8-6-18/h2-8,13,21,26H,9-12,14-17H2,1H3. The molecule has 2 aromatic rings. The quantitative estimate of drug-likeness (QED) is 0.696. The van der Waals surface area contributed by atoms with Crippen LogP contribution in [0.15, 0.2) is 48.5 Å². The highest BCUT2D eigenvalue weighted by Gasteiger charge is 2.19. The van der Waals surface area contributed by atoms with Crippen LogP contribution in [0.1, 0.15) is 11.1 Å². The van der Waals surface area contributed by atoms with Gasteiger partial charge >= 0.3 is 0 Å². The van der Waals surface area contributed by atoms with Crippen molar-refractivity contribution in [2.24, 2.45) is 0 Å². The van der Waals surface area contributed by atoms with Gasteiger partial charge in [0.25, 0.3) is 0 Å². The zero-order valence-corrected chi connectivity index (χ0v) is 17.1. The summed E-state index contributed by atoms with van der Waals surface area (Å²) in [6, 6.07) is 15.8. The third-order valence-electron chi connectivity index (χ3n) is 4.97. The Morgan fingerprint density at radius 1 is 1.00 bits per heavy atom. The number of β-amino-alcohol motifs (C(OH)–C–C–N with tert-alkyl or cyclic N) is 1. The fourth-order valence-corrected chi connectivity index (χ4v) is 3.53. The van der Waals surface area contributed by atoms with Gasteiger partial charge in [0, 0.05) is 44.3 Å². The van der Waals surface area contributed by atoms with Crippen molar-refractivity contribution in [3.8, 4) is 5.75 Å². The van der Waals surface area contributed by atoms with E-state index in [2.05, 4.69) is 21.9 Å². The van der Waals surface area contributed by atoms with E-state index in [9.17, 15) is 5.11 Å². The lowest BCUT2D eigenvalue weighted by Gasteiger charge is -2.35. The number of rotatable bonds is 9. The van der Waals surface area contributed by atoms with Crippen molar-refractivity contribution < 1.29 is 14.6 Å². The molecule has 28 heavy (non-hydrogen) atoms. The molecule has 1 fully saturated rings. The third kappa shape index (κ3) is 6.76. The van der Waals surface area contributed by atoms with E-state index < -0.39 is 6.10 Å². The SMILES string of the molecule is COc1cccc(COCC(O)CN2CCN(Cc3ccc(Cl)cc3)CC2)c1. The van der Waals surface area contributed by atoms with Gasteiger partial charge in [0.2, 0.25) is 0 Å². The van der Waals surface area contributed by atoms with Crippen molar-refractivity contribution in [2.45, 2.75) is 19.3 Å². The molecule has 1 aliphatic heterocycles. The summed E-state index contributed by atoms with van der Waals surface area (Å²) >= 11 is 5.95. The second-order valence-corrected chi connectivity index (χ2v) is 7.66. The molecule has 0 aromatic heterocycles. The van der Waals surface area contributed by atoms with E-state index in [1.54, 1.807) is 7.11 Å². The summed E-state index contributed by atoms with van der Waals surface area (Å²) in [4.78, 5) is 4.74. The average Bonchev–Trinajstić information content (AvgIpc) is 2.71. The maximum atomic E-state index is 10.3. The van der Waals surface area contributed by atoms with E-state index >= 15 is 0 Å². The van der Waals surface area contributed by atoms with Crippen LogP contribution in [0, 0.1) is 0 Å². The molecule has 0 spiro atoms. The van der Waals surface area contributed by atoms with Crippen LogP contribution in [0.2, 0.25) is 5.02 Å². The maximum Gasteiger partial charge on any atom is 0.119 e. The summed E-state index contributed by atoms with van der Waals surface area (Å²) in [5.41, 5.74) is 2.33. The van der Waals surface area contributed by atoms with Crippen LogP contribution in [0.4, 0.5) is 0 Å². The van der Waals surface area contributed by atoms with Crippen LogP contribution in [0.25, 0.3) is 0 Å². The lowest BCUT2D eigenvalue weighted by molar-refractivity contribution is 0.000851. The lowest BCUT2D eigenvalue weighted by Crippen LogP contribution is -2.48. The van der Waals surface area contributed by atoms with E-state index in [0.29, 0.717) is 19.8 Å². The van der Waals surface area contributed by atoms with Crippen LogP contribution in [0.5, 0.6) is 5.75 Å². The van der Waals surface area contributed by atoms with E-state index in [-0.39, 0.29) is 0 Å². The predicted octanol–water partition coefficient (Wildman–Crippen LogP) is 3.04. The highest BCUT2D eigenvalue weighted by molar-refractivity contribution is 6.30. The van der Waals surface area contributed by atoms with Crippen molar-refractivity contribution >= 4 is 11.6 Å². The Kier molecular flexibility index (Phi) is 8.13. The summed E-state index contributed by atoms with van der Waals surface area (Å²) in [5.74, 6) is 0.818. The minimum Gasteiger partial charge on any atom is -0.497 e. The molecule has 0 saturated carbocycles. The van der Waals surface area contributed by atoms with Crippen molar-refractivity contribution in [1.29, 1.82) is 0 Å². The highest BCUT2D eigenvalue weighted by atomic mass is 35.5. The van der Waals surface area contributed by atoms with E-state index in [4.69, 9.17) is 21.1 Å². The van der Waals surface area contributed by atoms with Crippen molar-refractivity contribution in [2.75, 3.05) is 46.4 Å². The van der Waals surface area contributed by atoms with Crippen LogP contribution in [0.3, 0.4) is 0 Å². The third-order valence-corrected chi connectivity index (χ3v) is 5.22. The van der Waals surface area contributed by atoms with Crippen LogP contribution in [-0.4, -0.2) is 67.5 Å². The molecule has 152 valence electrons. The molecule has 3 rings (SSSR count). The normalized spacial score (nSPS) is 16.8. The minimum atomic E-state index is -0.478. The molecule has 0 aliphatic carbocycles. The first kappa shape index (κ1) is 21.1. The van der Waals surface area contributed by atoms with Gasteiger partial charge in [0.1, 0.15) is 5.75 Å². The Hall–Kier alpha value is -1.63. The van der Waals surface area contributed by atoms with E-state index in [0.717, 1.165) is 49.1 Å². The first-order chi connectivity index (χ1) is 13.6. The van der Waals surface area contributed by atoms with Gasteiger partial charge in [-0.05, 0) is 35.4 Å². The van der Waals surface area contributed by atoms with Gasteiger partial charge in [-0.25, -0.2) is 0 Å². The average molecular weight is 405 g/mol. The van der Waals surface area contributed by atoms with Gasteiger partial charge in [-0.2, -0.15) is 0 Å². The number of piperazine rings is 1. The maximum absolute atomic E-state index is 10.3. The number of aliphatic hydroxyl groups excluding tert-OH is 1. The number of ether oxygens (including phenoxy) is 2. The van der Waals surface area contributed by atoms with E-state index in [1.807, 2.05) is 36.4 Å². The van der Waals surface area contributed by atoms with Gasteiger partial charge in [-0.15, -0.1) is 0 Å². The second-order valence-electron chi connectivity index (χ2n) is 7.22. The summed E-state index contributed by atoms with van der Waals surface area (Å²) in [6.07, 6.45) is -0.478. The molecule has 1 saturated heterocycles. The fraction of sp³-hybridized carbons (Fsp3) is 0.455. The molecule has 1 aliphatic rings. The van der Waals surface area contributed by atoms with Gasteiger partial charge in [-0.3, -0.25) is 9.80 Å². The molecule has 0 bridgehead atoms. The van der Waals surface area contributed by atoms with E-state index in [1.165, 1.54) is 5.56 Å². The van der Waals surface area contributed by atoms with Crippen LogP contribution < -0.4 is 4.74 Å². The first-order valence-electron chi connectivity index (χ1n) is 9.70. The molecule has 1 heterocycles. The number of aliphatic hydroxyl groups is 1. The van der Waals surface area contributed by atoms with Gasteiger partial charge < -0.3 is 14.6 Å². The number of methoxy groups -OCH3 is 1. The summed E-state index contributed by atoms with van der Waals surface area (Å²) in [5, 5.41) is 11.1. The zero-order chi connectivity index (χ0) is 19.8. The molecule has 0 radical (unpaired) electrons. The topological polar surface area (TPSA) is 45.2 Å². The Balaban J connectivity index is 1.33. The monoisotopic (exact) mass is 404 g/mol. The Bertz CT molecular complexity index is 718. The van der Waals surface area contributed by atoms with Crippen molar-refractivity contribution in [1.82, 2.24) is 9.80 Å². The molecule has 6 heteroatoms. The lowest BCUT2D eigenvalue weighted by atomic mass is 10.2. The molecular formula is C22H29ClN2O3.